The Bertz CT molecular complexity index is 384. The molecule has 1 aromatic carbocycles. The van der Waals surface area contributed by atoms with Crippen molar-refractivity contribution in [1.29, 1.82) is 0 Å². The first-order valence-corrected chi connectivity index (χ1v) is 4.81. The maximum absolute atomic E-state index is 11.1. The summed E-state index contributed by atoms with van der Waals surface area (Å²) in [6.07, 6.45) is 1.23. The molecule has 0 atom stereocenters. The largest absolute Gasteiger partial charge is 0.458 e. The van der Waals surface area contributed by atoms with Gasteiger partial charge in [0, 0.05) is 22.4 Å². The molecule has 80 valence electrons. The summed E-state index contributed by atoms with van der Waals surface area (Å²) in [4.78, 5) is 11.1. The number of rotatable bonds is 3. The Morgan fingerprint density at radius 2 is 2.20 bits per heavy atom. The second kappa shape index (κ2) is 5.41. The smallest absolute Gasteiger partial charge is 0.332 e. The van der Waals surface area contributed by atoms with Gasteiger partial charge in [-0.2, -0.15) is 0 Å². The number of nitrogens with two attached hydrogens (primary N) is 1. The zero-order valence-corrected chi connectivity index (χ0v) is 9.12. The topological polar surface area (TPSA) is 52.3 Å². The number of carbonyl (C=O) groups is 1. The number of ether oxygens (including phenoxy) is 1. The van der Waals surface area contributed by atoms with Crippen LogP contribution in [0.4, 0.5) is 0 Å². The van der Waals surface area contributed by atoms with Gasteiger partial charge < -0.3 is 10.5 Å². The number of hydrogen-bond acceptors (Lipinski definition) is 3. The first-order valence-electron chi connectivity index (χ1n) is 4.43. The van der Waals surface area contributed by atoms with Crippen LogP contribution in [0, 0.1) is 0 Å². The van der Waals surface area contributed by atoms with Gasteiger partial charge in [0.1, 0.15) is 6.61 Å². The minimum absolute atomic E-state index is 0.155. The molecule has 4 heteroatoms. The van der Waals surface area contributed by atoms with Crippen LogP contribution < -0.4 is 5.73 Å². The highest BCUT2D eigenvalue weighted by molar-refractivity contribution is 6.31. The van der Waals surface area contributed by atoms with Crippen molar-refractivity contribution >= 4 is 17.6 Å². The monoisotopic (exact) mass is 225 g/mol. The molecule has 0 radical (unpaired) electrons. The van der Waals surface area contributed by atoms with Gasteiger partial charge in [-0.05, 0) is 13.0 Å². The summed E-state index contributed by atoms with van der Waals surface area (Å²) in [5, 5.41) is 0.582. The van der Waals surface area contributed by atoms with Crippen LogP contribution in [0.15, 0.2) is 36.0 Å². The zero-order chi connectivity index (χ0) is 11.3. The summed E-state index contributed by atoms with van der Waals surface area (Å²) < 4.78 is 4.94. The predicted molar refractivity (Wildman–Crippen MR) is 59.2 cm³/mol. The summed E-state index contributed by atoms with van der Waals surface area (Å²) in [7, 11) is 0. The molecule has 0 aliphatic carbocycles. The number of allylic oxidation sites excluding steroid dienone is 1. The molecule has 0 amide bonds. The molecule has 0 bridgehead atoms. The minimum atomic E-state index is -0.463. The highest BCUT2D eigenvalue weighted by atomic mass is 35.5. The van der Waals surface area contributed by atoms with Gasteiger partial charge in [0.05, 0.1) is 0 Å². The molecule has 0 heterocycles. The number of benzene rings is 1. The molecule has 0 aliphatic heterocycles. The quantitative estimate of drug-likeness (QED) is 0.634. The molecule has 0 spiro atoms. The number of halogens is 1. The van der Waals surface area contributed by atoms with Crippen LogP contribution in [-0.4, -0.2) is 5.97 Å². The maximum atomic E-state index is 11.1. The van der Waals surface area contributed by atoms with E-state index in [2.05, 4.69) is 0 Å². The molecule has 0 fully saturated rings. The van der Waals surface area contributed by atoms with Gasteiger partial charge in [-0.25, -0.2) is 4.79 Å². The summed E-state index contributed by atoms with van der Waals surface area (Å²) >= 11 is 5.88. The van der Waals surface area contributed by atoms with Gasteiger partial charge in [0.2, 0.25) is 0 Å². The van der Waals surface area contributed by atoms with Crippen LogP contribution in [-0.2, 0) is 16.1 Å². The van der Waals surface area contributed by atoms with Gasteiger partial charge >= 0.3 is 5.97 Å². The van der Waals surface area contributed by atoms with Crippen LogP contribution in [0.25, 0.3) is 0 Å². The first-order chi connectivity index (χ1) is 7.09. The third-order valence-corrected chi connectivity index (χ3v) is 2.04. The van der Waals surface area contributed by atoms with Crippen LogP contribution in [0.5, 0.6) is 0 Å². The van der Waals surface area contributed by atoms with E-state index in [4.69, 9.17) is 22.1 Å². The van der Waals surface area contributed by atoms with Crippen molar-refractivity contribution in [3.63, 3.8) is 0 Å². The zero-order valence-electron chi connectivity index (χ0n) is 8.37. The Morgan fingerprint density at radius 3 is 2.80 bits per heavy atom. The fraction of sp³-hybridized carbons (Fsp3) is 0.182. The molecule has 15 heavy (non-hydrogen) atoms. The number of carbonyl (C=O) groups excluding carboxylic acids is 1. The Morgan fingerprint density at radius 1 is 1.53 bits per heavy atom. The van der Waals surface area contributed by atoms with Crippen molar-refractivity contribution < 1.29 is 9.53 Å². The summed E-state index contributed by atoms with van der Waals surface area (Å²) in [6.45, 7) is 1.78. The molecule has 2 N–H and O–H groups in total. The van der Waals surface area contributed by atoms with Crippen LogP contribution >= 0.6 is 11.6 Å². The Labute approximate surface area is 93.5 Å². The van der Waals surface area contributed by atoms with E-state index in [1.54, 1.807) is 19.1 Å². The standard InChI is InChI=1S/C11H12ClNO2/c1-8(13)6-11(14)15-7-9-4-2-3-5-10(9)12/h2-6H,7,13H2,1H3/b8-6-. The first kappa shape index (κ1) is 11.6. The van der Waals surface area contributed by atoms with E-state index in [1.165, 1.54) is 6.08 Å². The third-order valence-electron chi connectivity index (χ3n) is 1.67. The molecule has 0 aliphatic rings. The maximum Gasteiger partial charge on any atom is 0.332 e. The van der Waals surface area contributed by atoms with E-state index in [-0.39, 0.29) is 6.61 Å². The van der Waals surface area contributed by atoms with Gasteiger partial charge in [-0.15, -0.1) is 0 Å². The van der Waals surface area contributed by atoms with Crippen molar-refractivity contribution in [2.24, 2.45) is 5.73 Å². The van der Waals surface area contributed by atoms with Crippen molar-refractivity contribution in [3.05, 3.63) is 46.6 Å². The molecule has 0 saturated heterocycles. The lowest BCUT2D eigenvalue weighted by molar-refractivity contribution is -0.139. The number of esters is 1. The highest BCUT2D eigenvalue weighted by Gasteiger charge is 2.02. The van der Waals surface area contributed by atoms with Gasteiger partial charge in [0.15, 0.2) is 0 Å². The molecule has 0 aromatic heterocycles. The summed E-state index contributed by atoms with van der Waals surface area (Å²) in [5.74, 6) is -0.463. The minimum Gasteiger partial charge on any atom is -0.458 e. The van der Waals surface area contributed by atoms with E-state index >= 15 is 0 Å². The van der Waals surface area contributed by atoms with E-state index in [0.29, 0.717) is 10.7 Å². The molecular formula is C11H12ClNO2. The Hall–Kier alpha value is -1.48. The molecular weight excluding hydrogens is 214 g/mol. The molecule has 1 aromatic rings. The van der Waals surface area contributed by atoms with Gasteiger partial charge in [-0.1, -0.05) is 29.8 Å². The van der Waals surface area contributed by atoms with Crippen LogP contribution in [0.3, 0.4) is 0 Å². The lowest BCUT2D eigenvalue weighted by atomic mass is 10.2. The summed E-state index contributed by atoms with van der Waals surface area (Å²) in [6, 6.07) is 7.19. The number of hydrogen-bond donors (Lipinski definition) is 1. The van der Waals surface area contributed by atoms with E-state index in [9.17, 15) is 4.79 Å². The molecule has 0 saturated carbocycles. The van der Waals surface area contributed by atoms with E-state index in [1.807, 2.05) is 12.1 Å². The van der Waals surface area contributed by atoms with E-state index < -0.39 is 5.97 Å². The fourth-order valence-corrected chi connectivity index (χ4v) is 1.18. The van der Waals surface area contributed by atoms with Crippen molar-refractivity contribution in [2.45, 2.75) is 13.5 Å². The highest BCUT2D eigenvalue weighted by Crippen LogP contribution is 2.15. The van der Waals surface area contributed by atoms with Crippen LogP contribution in [0.2, 0.25) is 5.02 Å². The third kappa shape index (κ3) is 4.04. The average molecular weight is 226 g/mol. The Kier molecular flexibility index (Phi) is 4.18. The molecule has 3 nitrogen and oxygen atoms in total. The lowest BCUT2D eigenvalue weighted by Gasteiger charge is -2.04. The van der Waals surface area contributed by atoms with Crippen molar-refractivity contribution in [3.8, 4) is 0 Å². The predicted octanol–water partition coefficient (Wildman–Crippen LogP) is 2.25. The second-order valence-corrected chi connectivity index (χ2v) is 3.49. The van der Waals surface area contributed by atoms with Gasteiger partial charge in [0.25, 0.3) is 0 Å². The Balaban J connectivity index is 2.55. The second-order valence-electron chi connectivity index (χ2n) is 3.09. The fourth-order valence-electron chi connectivity index (χ4n) is 0.992. The van der Waals surface area contributed by atoms with Crippen LogP contribution in [0.1, 0.15) is 12.5 Å². The SMILES string of the molecule is C/C(N)=C/C(=O)OCc1ccccc1Cl. The summed E-state index contributed by atoms with van der Waals surface area (Å²) in [5.41, 5.74) is 6.52. The van der Waals surface area contributed by atoms with Gasteiger partial charge in [-0.3, -0.25) is 0 Å². The molecule has 1 rings (SSSR count). The molecule has 0 unspecified atom stereocenters. The normalized spacial score (nSPS) is 11.2. The van der Waals surface area contributed by atoms with Crippen molar-refractivity contribution in [2.75, 3.05) is 0 Å². The van der Waals surface area contributed by atoms with Crippen molar-refractivity contribution in [1.82, 2.24) is 0 Å². The average Bonchev–Trinajstić information content (AvgIpc) is 2.15. The lowest BCUT2D eigenvalue weighted by Crippen LogP contribution is -2.04. The van der Waals surface area contributed by atoms with E-state index in [0.717, 1.165) is 5.56 Å².